The summed E-state index contributed by atoms with van der Waals surface area (Å²) in [6, 6.07) is 14.1. The Morgan fingerprint density at radius 1 is 1.15 bits per heavy atom. The molecular formula is C21H20N4OS. The zero-order valence-electron chi connectivity index (χ0n) is 15.1. The summed E-state index contributed by atoms with van der Waals surface area (Å²) in [5.41, 5.74) is 5.00. The van der Waals surface area contributed by atoms with Crippen molar-refractivity contribution in [2.24, 2.45) is 0 Å². The Bertz CT molecular complexity index is 1050. The first-order valence-corrected chi connectivity index (χ1v) is 9.76. The number of nitrogens with zero attached hydrogens (tertiary/aromatic N) is 3. The lowest BCUT2D eigenvalue weighted by molar-refractivity contribution is -0.120. The first kappa shape index (κ1) is 17.4. The summed E-state index contributed by atoms with van der Waals surface area (Å²) in [6.45, 7) is 2.63. The van der Waals surface area contributed by atoms with Crippen molar-refractivity contribution in [1.29, 1.82) is 0 Å². The molecule has 0 radical (unpaired) electrons. The number of carbonyl (C=O) groups is 1. The van der Waals surface area contributed by atoms with Crippen LogP contribution in [0.2, 0.25) is 0 Å². The Morgan fingerprint density at radius 3 is 2.93 bits per heavy atom. The van der Waals surface area contributed by atoms with Crippen LogP contribution in [0, 0.1) is 6.92 Å². The summed E-state index contributed by atoms with van der Waals surface area (Å²) >= 11 is 1.57. The molecule has 0 aliphatic rings. The van der Waals surface area contributed by atoms with E-state index in [1.807, 2.05) is 52.5 Å². The molecule has 0 aliphatic carbocycles. The lowest BCUT2D eigenvalue weighted by atomic mass is 10.1. The van der Waals surface area contributed by atoms with E-state index in [4.69, 9.17) is 0 Å². The number of fused-ring (bicyclic) bond motifs is 1. The summed E-state index contributed by atoms with van der Waals surface area (Å²) in [5.74, 6) is -0.0140. The first-order chi connectivity index (χ1) is 13.2. The zero-order chi connectivity index (χ0) is 18.6. The number of thiazole rings is 1. The van der Waals surface area contributed by atoms with E-state index in [0.717, 1.165) is 27.6 Å². The summed E-state index contributed by atoms with van der Waals surface area (Å²) in [4.78, 5) is 21.3. The van der Waals surface area contributed by atoms with E-state index < -0.39 is 0 Å². The molecule has 3 aromatic heterocycles. The number of carbonyl (C=O) groups excluding carboxylic acids is 1. The van der Waals surface area contributed by atoms with Crippen molar-refractivity contribution < 1.29 is 4.79 Å². The van der Waals surface area contributed by atoms with Gasteiger partial charge in [0.1, 0.15) is 10.7 Å². The third kappa shape index (κ3) is 4.23. The van der Waals surface area contributed by atoms with Crippen LogP contribution in [0.4, 0.5) is 0 Å². The predicted octanol–water partition coefficient (Wildman–Crippen LogP) is 3.67. The molecule has 0 spiro atoms. The third-order valence-electron chi connectivity index (χ3n) is 4.28. The van der Waals surface area contributed by atoms with Gasteiger partial charge in [-0.2, -0.15) is 0 Å². The summed E-state index contributed by atoms with van der Waals surface area (Å²) in [6.07, 6.45) is 4.97. The fourth-order valence-electron chi connectivity index (χ4n) is 2.96. The molecule has 0 atom stereocenters. The fourth-order valence-corrected chi connectivity index (χ4v) is 3.78. The van der Waals surface area contributed by atoms with Crippen LogP contribution in [0.25, 0.3) is 16.2 Å². The van der Waals surface area contributed by atoms with Crippen LogP contribution < -0.4 is 5.32 Å². The fraction of sp³-hybridized carbons (Fsp3) is 0.190. The van der Waals surface area contributed by atoms with Gasteiger partial charge in [0.2, 0.25) is 5.91 Å². The molecule has 1 aromatic carbocycles. The smallest absolute Gasteiger partial charge is 0.226 e. The van der Waals surface area contributed by atoms with Gasteiger partial charge in [0, 0.05) is 36.3 Å². The molecule has 6 heteroatoms. The lowest BCUT2D eigenvalue weighted by Gasteiger charge is -2.02. The highest BCUT2D eigenvalue weighted by atomic mass is 32.1. The van der Waals surface area contributed by atoms with Crippen LogP contribution >= 0.6 is 11.3 Å². The lowest BCUT2D eigenvalue weighted by Crippen LogP contribution is -2.27. The molecule has 4 aromatic rings. The average molecular weight is 376 g/mol. The predicted molar refractivity (Wildman–Crippen MR) is 108 cm³/mol. The molecule has 4 rings (SSSR count). The van der Waals surface area contributed by atoms with Crippen molar-refractivity contribution in [3.05, 3.63) is 77.2 Å². The number of hydrogen-bond donors (Lipinski definition) is 1. The second-order valence-electron chi connectivity index (χ2n) is 6.49. The summed E-state index contributed by atoms with van der Waals surface area (Å²) < 4.78 is 1.99. The minimum absolute atomic E-state index is 0.0140. The largest absolute Gasteiger partial charge is 0.355 e. The van der Waals surface area contributed by atoms with Crippen molar-refractivity contribution in [3.63, 3.8) is 0 Å². The molecule has 0 aliphatic heterocycles. The van der Waals surface area contributed by atoms with Gasteiger partial charge in [-0.15, -0.1) is 11.3 Å². The number of amides is 1. The molecule has 0 saturated heterocycles. The van der Waals surface area contributed by atoms with Gasteiger partial charge in [0.15, 0.2) is 0 Å². The molecule has 0 unspecified atom stereocenters. The first-order valence-electron chi connectivity index (χ1n) is 8.88. The SMILES string of the molecule is Cc1cccc(-c2nc(CC(=O)NCCc3cn4ccccc4n3)cs2)c1. The highest BCUT2D eigenvalue weighted by Gasteiger charge is 2.09. The average Bonchev–Trinajstić information content (AvgIpc) is 3.28. The topological polar surface area (TPSA) is 59.3 Å². The molecule has 0 saturated carbocycles. The van der Waals surface area contributed by atoms with Crippen molar-refractivity contribution in [2.75, 3.05) is 6.54 Å². The minimum Gasteiger partial charge on any atom is -0.355 e. The van der Waals surface area contributed by atoms with Crippen molar-refractivity contribution in [3.8, 4) is 10.6 Å². The number of aromatic nitrogens is 3. The maximum atomic E-state index is 12.2. The summed E-state index contributed by atoms with van der Waals surface area (Å²) in [5, 5.41) is 5.87. The monoisotopic (exact) mass is 376 g/mol. The zero-order valence-corrected chi connectivity index (χ0v) is 15.9. The maximum Gasteiger partial charge on any atom is 0.226 e. The van der Waals surface area contributed by atoms with Gasteiger partial charge in [-0.3, -0.25) is 4.79 Å². The summed E-state index contributed by atoms with van der Waals surface area (Å²) in [7, 11) is 0. The number of benzene rings is 1. The minimum atomic E-state index is -0.0140. The number of imidazole rings is 1. The molecule has 0 bridgehead atoms. The Morgan fingerprint density at radius 2 is 2.07 bits per heavy atom. The van der Waals surface area contributed by atoms with Crippen LogP contribution in [0.5, 0.6) is 0 Å². The second kappa shape index (κ2) is 7.72. The van der Waals surface area contributed by atoms with Gasteiger partial charge in [-0.1, -0.05) is 29.8 Å². The highest BCUT2D eigenvalue weighted by Crippen LogP contribution is 2.24. The molecule has 0 fully saturated rings. The quantitative estimate of drug-likeness (QED) is 0.559. The standard InChI is InChI=1S/C21H20N4OS/c1-15-5-4-6-16(11-15)21-24-18(14-27-21)12-20(26)22-9-8-17-13-25-10-3-2-7-19(25)23-17/h2-7,10-11,13-14H,8-9,12H2,1H3,(H,22,26). The van der Waals surface area contributed by atoms with E-state index >= 15 is 0 Å². The van der Waals surface area contributed by atoms with E-state index in [-0.39, 0.29) is 5.91 Å². The van der Waals surface area contributed by atoms with Gasteiger partial charge >= 0.3 is 0 Å². The molecule has 1 N–H and O–H groups in total. The third-order valence-corrected chi connectivity index (χ3v) is 5.22. The molecule has 5 nitrogen and oxygen atoms in total. The number of hydrogen-bond acceptors (Lipinski definition) is 4. The van der Waals surface area contributed by atoms with E-state index in [1.54, 1.807) is 11.3 Å². The highest BCUT2D eigenvalue weighted by molar-refractivity contribution is 7.13. The van der Waals surface area contributed by atoms with Crippen LogP contribution in [0.3, 0.4) is 0 Å². The van der Waals surface area contributed by atoms with E-state index in [1.165, 1.54) is 5.56 Å². The van der Waals surface area contributed by atoms with Gasteiger partial charge in [0.25, 0.3) is 0 Å². The molecular weight excluding hydrogens is 356 g/mol. The molecule has 27 heavy (non-hydrogen) atoms. The number of nitrogens with one attached hydrogen (secondary N) is 1. The molecule has 3 heterocycles. The van der Waals surface area contributed by atoms with Crippen LogP contribution in [0.1, 0.15) is 17.0 Å². The van der Waals surface area contributed by atoms with E-state index in [2.05, 4.69) is 34.3 Å². The second-order valence-corrected chi connectivity index (χ2v) is 7.35. The van der Waals surface area contributed by atoms with Crippen molar-refractivity contribution in [2.45, 2.75) is 19.8 Å². The molecule has 1 amide bonds. The number of aryl methyl sites for hydroxylation is 1. The number of rotatable bonds is 6. The Balaban J connectivity index is 1.30. The van der Waals surface area contributed by atoms with Gasteiger partial charge in [0.05, 0.1) is 17.8 Å². The number of pyridine rings is 1. The normalized spacial score (nSPS) is 11.0. The Kier molecular flexibility index (Phi) is 4.98. The Labute approximate surface area is 161 Å². The maximum absolute atomic E-state index is 12.2. The van der Waals surface area contributed by atoms with E-state index in [9.17, 15) is 4.79 Å². The van der Waals surface area contributed by atoms with Gasteiger partial charge in [-0.05, 0) is 25.1 Å². The van der Waals surface area contributed by atoms with Crippen LogP contribution in [-0.4, -0.2) is 26.8 Å². The van der Waals surface area contributed by atoms with Crippen molar-refractivity contribution in [1.82, 2.24) is 19.7 Å². The van der Waals surface area contributed by atoms with Gasteiger partial charge < -0.3 is 9.72 Å². The van der Waals surface area contributed by atoms with Crippen molar-refractivity contribution >= 4 is 22.9 Å². The van der Waals surface area contributed by atoms with E-state index in [0.29, 0.717) is 19.4 Å². The van der Waals surface area contributed by atoms with Crippen LogP contribution in [0.15, 0.2) is 60.2 Å². The molecule has 136 valence electrons. The Hall–Kier alpha value is -2.99. The van der Waals surface area contributed by atoms with Crippen LogP contribution in [-0.2, 0) is 17.6 Å². The van der Waals surface area contributed by atoms with Gasteiger partial charge in [-0.25, -0.2) is 9.97 Å².